The largest absolute Gasteiger partial charge is 0.349 e. The van der Waals surface area contributed by atoms with Crippen LogP contribution in [-0.2, 0) is 14.8 Å². The SMILES string of the molecule is CN(CC(=O)Nc1cccc(C(=O)NC2CC2)c1)S(=O)(=O)c1cc(Cl)ccc1Cl. The Bertz CT molecular complexity index is 1060. The molecule has 2 aromatic rings. The molecule has 0 saturated heterocycles. The van der Waals surface area contributed by atoms with Crippen molar-refractivity contribution in [1.82, 2.24) is 9.62 Å². The Morgan fingerprint density at radius 2 is 1.86 bits per heavy atom. The summed E-state index contributed by atoms with van der Waals surface area (Å²) < 4.78 is 26.3. The number of anilines is 1. The zero-order chi connectivity index (χ0) is 21.2. The second-order valence-electron chi connectivity index (χ2n) is 6.71. The Balaban J connectivity index is 1.67. The minimum absolute atomic E-state index is 0.0102. The summed E-state index contributed by atoms with van der Waals surface area (Å²) in [5.74, 6) is -0.770. The molecule has 0 unspecified atom stereocenters. The zero-order valence-electron chi connectivity index (χ0n) is 15.5. The lowest BCUT2D eigenvalue weighted by Crippen LogP contribution is -2.35. The average molecular weight is 456 g/mol. The monoisotopic (exact) mass is 455 g/mol. The molecule has 1 fully saturated rings. The Morgan fingerprint density at radius 3 is 2.55 bits per heavy atom. The number of nitrogens with zero attached hydrogens (tertiary/aromatic N) is 1. The van der Waals surface area contributed by atoms with Crippen molar-refractivity contribution >= 4 is 50.7 Å². The molecule has 0 bridgehead atoms. The van der Waals surface area contributed by atoms with Gasteiger partial charge in [-0.3, -0.25) is 9.59 Å². The van der Waals surface area contributed by atoms with E-state index >= 15 is 0 Å². The molecule has 154 valence electrons. The fourth-order valence-corrected chi connectivity index (χ4v) is 4.43. The smallest absolute Gasteiger partial charge is 0.251 e. The summed E-state index contributed by atoms with van der Waals surface area (Å²) in [6.07, 6.45) is 1.94. The molecule has 0 aliphatic heterocycles. The lowest BCUT2D eigenvalue weighted by atomic mass is 10.2. The van der Waals surface area contributed by atoms with E-state index in [2.05, 4.69) is 10.6 Å². The molecule has 7 nitrogen and oxygen atoms in total. The van der Waals surface area contributed by atoms with Crippen LogP contribution in [-0.4, -0.2) is 44.2 Å². The third kappa shape index (κ3) is 5.48. The third-order valence-corrected chi connectivity index (χ3v) is 6.79. The highest BCUT2D eigenvalue weighted by atomic mass is 35.5. The van der Waals surface area contributed by atoms with E-state index in [0.29, 0.717) is 11.3 Å². The van der Waals surface area contributed by atoms with Crippen LogP contribution in [0.1, 0.15) is 23.2 Å². The van der Waals surface area contributed by atoms with Crippen molar-refractivity contribution in [3.8, 4) is 0 Å². The molecule has 3 rings (SSSR count). The first-order chi connectivity index (χ1) is 13.7. The molecule has 0 atom stereocenters. The van der Waals surface area contributed by atoms with Gasteiger partial charge in [0.1, 0.15) is 4.90 Å². The van der Waals surface area contributed by atoms with Gasteiger partial charge in [0.05, 0.1) is 11.6 Å². The van der Waals surface area contributed by atoms with Crippen LogP contribution < -0.4 is 10.6 Å². The summed E-state index contributed by atoms with van der Waals surface area (Å²) >= 11 is 11.8. The third-order valence-electron chi connectivity index (χ3n) is 4.27. The predicted octanol–water partition coefficient (Wildman–Crippen LogP) is 3.14. The first kappa shape index (κ1) is 21.6. The van der Waals surface area contributed by atoms with Crippen LogP contribution in [0.15, 0.2) is 47.4 Å². The normalized spacial score (nSPS) is 13.9. The van der Waals surface area contributed by atoms with E-state index in [9.17, 15) is 18.0 Å². The van der Waals surface area contributed by atoms with Crippen molar-refractivity contribution in [2.24, 2.45) is 0 Å². The van der Waals surface area contributed by atoms with Crippen LogP contribution >= 0.6 is 23.2 Å². The molecule has 0 heterocycles. The highest BCUT2D eigenvalue weighted by Crippen LogP contribution is 2.27. The number of amides is 2. The topological polar surface area (TPSA) is 95.6 Å². The number of carbonyl (C=O) groups excluding carboxylic acids is 2. The number of likely N-dealkylation sites (N-methyl/N-ethyl adjacent to an activating group) is 1. The second-order valence-corrected chi connectivity index (χ2v) is 9.57. The standard InChI is InChI=1S/C19H19Cl2N3O4S/c1-24(29(27,28)17-10-13(20)5-8-16(17)21)11-18(25)22-15-4-2-3-12(9-15)19(26)23-14-6-7-14/h2-5,8-10,14H,6-7,11H2,1H3,(H,22,25)(H,23,26). The zero-order valence-corrected chi connectivity index (χ0v) is 17.8. The molecule has 0 spiro atoms. The maximum absolute atomic E-state index is 12.7. The Kier molecular flexibility index (Phi) is 6.48. The van der Waals surface area contributed by atoms with E-state index < -0.39 is 22.5 Å². The molecule has 10 heteroatoms. The van der Waals surface area contributed by atoms with Crippen molar-refractivity contribution in [3.05, 3.63) is 58.1 Å². The summed E-state index contributed by atoms with van der Waals surface area (Å²) in [6.45, 7) is -0.441. The minimum atomic E-state index is -4.02. The summed E-state index contributed by atoms with van der Waals surface area (Å²) in [5.41, 5.74) is 0.811. The number of carbonyl (C=O) groups is 2. The van der Waals surface area contributed by atoms with Gasteiger partial charge in [-0.05, 0) is 49.2 Å². The van der Waals surface area contributed by atoms with Gasteiger partial charge >= 0.3 is 0 Å². The van der Waals surface area contributed by atoms with Crippen LogP contribution in [0.5, 0.6) is 0 Å². The van der Waals surface area contributed by atoms with Crippen LogP contribution in [0.3, 0.4) is 0 Å². The number of rotatable bonds is 7. The molecule has 1 aliphatic carbocycles. The van der Waals surface area contributed by atoms with E-state index in [4.69, 9.17) is 23.2 Å². The number of sulfonamides is 1. The van der Waals surface area contributed by atoms with Crippen molar-refractivity contribution in [1.29, 1.82) is 0 Å². The lowest BCUT2D eigenvalue weighted by molar-refractivity contribution is -0.116. The fourth-order valence-electron chi connectivity index (χ4n) is 2.57. The number of benzene rings is 2. The van der Waals surface area contributed by atoms with Crippen LogP contribution in [0.25, 0.3) is 0 Å². The van der Waals surface area contributed by atoms with Gasteiger partial charge in [-0.1, -0.05) is 29.3 Å². The maximum Gasteiger partial charge on any atom is 0.251 e. The molecular weight excluding hydrogens is 437 g/mol. The lowest BCUT2D eigenvalue weighted by Gasteiger charge is -2.18. The van der Waals surface area contributed by atoms with Gasteiger partial charge in [-0.25, -0.2) is 8.42 Å². The molecule has 2 N–H and O–H groups in total. The predicted molar refractivity (Wildman–Crippen MR) is 112 cm³/mol. The van der Waals surface area contributed by atoms with E-state index in [0.717, 1.165) is 17.1 Å². The molecule has 29 heavy (non-hydrogen) atoms. The van der Waals surface area contributed by atoms with E-state index in [1.54, 1.807) is 18.2 Å². The highest BCUT2D eigenvalue weighted by Gasteiger charge is 2.26. The Labute approximate surface area is 179 Å². The molecule has 1 aliphatic rings. The van der Waals surface area contributed by atoms with Gasteiger partial charge < -0.3 is 10.6 Å². The minimum Gasteiger partial charge on any atom is -0.349 e. The van der Waals surface area contributed by atoms with Gasteiger partial charge in [-0.15, -0.1) is 0 Å². The van der Waals surface area contributed by atoms with E-state index in [-0.39, 0.29) is 26.9 Å². The molecule has 1 saturated carbocycles. The summed E-state index contributed by atoms with van der Waals surface area (Å²) in [6, 6.07) is 10.7. The second kappa shape index (κ2) is 8.71. The fraction of sp³-hybridized carbons (Fsp3) is 0.263. The Morgan fingerprint density at radius 1 is 1.14 bits per heavy atom. The molecular formula is C19H19Cl2N3O4S. The summed E-state index contributed by atoms with van der Waals surface area (Å²) in [4.78, 5) is 24.3. The molecule has 0 aromatic heterocycles. The van der Waals surface area contributed by atoms with Crippen molar-refractivity contribution in [2.75, 3.05) is 18.9 Å². The first-order valence-corrected chi connectivity index (χ1v) is 11.0. The van der Waals surface area contributed by atoms with Gasteiger partial charge in [0.25, 0.3) is 5.91 Å². The van der Waals surface area contributed by atoms with Gasteiger partial charge in [0, 0.05) is 29.4 Å². The Hall–Kier alpha value is -2.13. The number of nitrogens with one attached hydrogen (secondary N) is 2. The van der Waals surface area contributed by atoms with Gasteiger partial charge in [0.15, 0.2) is 0 Å². The molecule has 2 amide bonds. The first-order valence-electron chi connectivity index (χ1n) is 8.79. The number of hydrogen-bond acceptors (Lipinski definition) is 4. The highest BCUT2D eigenvalue weighted by molar-refractivity contribution is 7.89. The average Bonchev–Trinajstić information content (AvgIpc) is 3.47. The van der Waals surface area contributed by atoms with Crippen LogP contribution in [0, 0.1) is 0 Å². The van der Waals surface area contributed by atoms with Gasteiger partial charge in [0.2, 0.25) is 15.9 Å². The van der Waals surface area contributed by atoms with Crippen LogP contribution in [0.2, 0.25) is 10.0 Å². The number of halogens is 2. The molecule has 2 aromatic carbocycles. The van der Waals surface area contributed by atoms with Crippen molar-refractivity contribution < 1.29 is 18.0 Å². The van der Waals surface area contributed by atoms with Crippen molar-refractivity contribution in [2.45, 2.75) is 23.8 Å². The summed E-state index contributed by atoms with van der Waals surface area (Å²) in [5, 5.41) is 5.70. The summed E-state index contributed by atoms with van der Waals surface area (Å²) in [7, 11) is -2.75. The van der Waals surface area contributed by atoms with E-state index in [1.165, 1.54) is 31.3 Å². The van der Waals surface area contributed by atoms with Crippen molar-refractivity contribution in [3.63, 3.8) is 0 Å². The van der Waals surface area contributed by atoms with E-state index in [1.807, 2.05) is 0 Å². The van der Waals surface area contributed by atoms with Gasteiger partial charge in [-0.2, -0.15) is 4.31 Å². The number of hydrogen-bond donors (Lipinski definition) is 2. The quantitative estimate of drug-likeness (QED) is 0.669. The maximum atomic E-state index is 12.7. The van der Waals surface area contributed by atoms with Crippen LogP contribution in [0.4, 0.5) is 5.69 Å². The molecule has 0 radical (unpaired) electrons.